The fraction of sp³-hybridized carbons (Fsp3) is 0.333. The predicted molar refractivity (Wildman–Crippen MR) is 103 cm³/mol. The van der Waals surface area contributed by atoms with Crippen LogP contribution >= 0.6 is 11.8 Å². The van der Waals surface area contributed by atoms with Gasteiger partial charge in [-0.25, -0.2) is 4.39 Å². The minimum atomic E-state index is -0.331. The zero-order valence-electron chi connectivity index (χ0n) is 15.1. The van der Waals surface area contributed by atoms with Crippen molar-refractivity contribution in [2.45, 2.75) is 25.0 Å². The second kappa shape index (κ2) is 10.5. The van der Waals surface area contributed by atoms with Gasteiger partial charge < -0.3 is 10.6 Å². The molecule has 2 rings (SSSR count). The number of nitrogens with zero attached hydrogens (tertiary/aromatic N) is 3. The van der Waals surface area contributed by atoms with Crippen LogP contribution in [0.4, 0.5) is 4.39 Å². The molecule has 0 spiro atoms. The summed E-state index contributed by atoms with van der Waals surface area (Å²) in [5.74, 6) is -0.161. The SMILES string of the molecule is C=CCn1c(SCC(=O)NCC(=O)NCCC)nnc1-c1ccc(F)cc1. The molecule has 27 heavy (non-hydrogen) atoms. The summed E-state index contributed by atoms with van der Waals surface area (Å²) in [6.45, 7) is 6.65. The van der Waals surface area contributed by atoms with Crippen LogP contribution in [-0.4, -0.2) is 45.4 Å². The average molecular weight is 391 g/mol. The number of hydrogen-bond acceptors (Lipinski definition) is 5. The van der Waals surface area contributed by atoms with E-state index >= 15 is 0 Å². The molecule has 0 aliphatic carbocycles. The van der Waals surface area contributed by atoms with E-state index in [2.05, 4.69) is 27.4 Å². The summed E-state index contributed by atoms with van der Waals surface area (Å²) in [5.41, 5.74) is 0.717. The van der Waals surface area contributed by atoms with Gasteiger partial charge in [0.25, 0.3) is 0 Å². The zero-order valence-corrected chi connectivity index (χ0v) is 15.9. The average Bonchev–Trinajstić information content (AvgIpc) is 3.06. The monoisotopic (exact) mass is 391 g/mol. The highest BCUT2D eigenvalue weighted by Gasteiger charge is 2.15. The minimum Gasteiger partial charge on any atom is -0.355 e. The molecule has 1 aromatic carbocycles. The number of carbonyl (C=O) groups excluding carboxylic acids is 2. The molecule has 1 heterocycles. The van der Waals surface area contributed by atoms with Crippen LogP contribution in [0.2, 0.25) is 0 Å². The van der Waals surface area contributed by atoms with E-state index < -0.39 is 0 Å². The minimum absolute atomic E-state index is 0.0560. The molecule has 0 aliphatic rings. The molecular weight excluding hydrogens is 369 g/mol. The molecule has 0 fully saturated rings. The Morgan fingerprint density at radius 3 is 2.63 bits per heavy atom. The molecule has 0 aliphatic heterocycles. The lowest BCUT2D eigenvalue weighted by molar-refractivity contribution is -0.124. The van der Waals surface area contributed by atoms with Crippen molar-refractivity contribution < 1.29 is 14.0 Å². The van der Waals surface area contributed by atoms with Crippen molar-refractivity contribution in [1.82, 2.24) is 25.4 Å². The van der Waals surface area contributed by atoms with Crippen LogP contribution in [0, 0.1) is 5.82 Å². The van der Waals surface area contributed by atoms with Crippen molar-refractivity contribution in [3.63, 3.8) is 0 Å². The standard InChI is InChI=1S/C18H22FN5O2S/c1-3-9-20-15(25)11-21-16(26)12-27-18-23-22-17(24(18)10-4-2)13-5-7-14(19)8-6-13/h4-8H,2-3,9-12H2,1H3,(H,20,25)(H,21,26). The van der Waals surface area contributed by atoms with Crippen LogP contribution in [0.5, 0.6) is 0 Å². The number of rotatable bonds is 10. The van der Waals surface area contributed by atoms with E-state index in [9.17, 15) is 14.0 Å². The lowest BCUT2D eigenvalue weighted by atomic mass is 10.2. The normalized spacial score (nSPS) is 10.4. The van der Waals surface area contributed by atoms with Crippen LogP contribution in [0.25, 0.3) is 11.4 Å². The molecule has 1 aromatic heterocycles. The van der Waals surface area contributed by atoms with Crippen LogP contribution in [0.15, 0.2) is 42.1 Å². The summed E-state index contributed by atoms with van der Waals surface area (Å²) < 4.78 is 14.9. The third-order valence-corrected chi connectivity index (χ3v) is 4.45. The van der Waals surface area contributed by atoms with Crippen molar-refractivity contribution in [2.75, 3.05) is 18.8 Å². The maximum absolute atomic E-state index is 13.1. The maximum Gasteiger partial charge on any atom is 0.239 e. The van der Waals surface area contributed by atoms with Crippen molar-refractivity contribution in [2.24, 2.45) is 0 Å². The molecule has 9 heteroatoms. The fourth-order valence-electron chi connectivity index (χ4n) is 2.19. The third-order valence-electron chi connectivity index (χ3n) is 3.48. The van der Waals surface area contributed by atoms with Gasteiger partial charge in [-0.1, -0.05) is 24.8 Å². The van der Waals surface area contributed by atoms with Crippen molar-refractivity contribution >= 4 is 23.6 Å². The van der Waals surface area contributed by atoms with Gasteiger partial charge in [-0.05, 0) is 30.7 Å². The summed E-state index contributed by atoms with van der Waals surface area (Å²) in [6.07, 6.45) is 2.53. The summed E-state index contributed by atoms with van der Waals surface area (Å²) in [6, 6.07) is 5.95. The Balaban J connectivity index is 1.98. The van der Waals surface area contributed by atoms with Crippen LogP contribution in [0.1, 0.15) is 13.3 Å². The smallest absolute Gasteiger partial charge is 0.239 e. The number of carbonyl (C=O) groups is 2. The Morgan fingerprint density at radius 2 is 1.96 bits per heavy atom. The number of nitrogens with one attached hydrogen (secondary N) is 2. The molecule has 144 valence electrons. The summed E-state index contributed by atoms with van der Waals surface area (Å²) in [4.78, 5) is 23.5. The van der Waals surface area contributed by atoms with Gasteiger partial charge in [0.2, 0.25) is 11.8 Å². The Kier molecular flexibility index (Phi) is 8.00. The van der Waals surface area contributed by atoms with E-state index in [1.54, 1.807) is 22.8 Å². The Labute approximate surface area is 161 Å². The van der Waals surface area contributed by atoms with E-state index in [4.69, 9.17) is 0 Å². The van der Waals surface area contributed by atoms with Gasteiger partial charge in [-0.3, -0.25) is 14.2 Å². The first-order valence-electron chi connectivity index (χ1n) is 8.51. The van der Waals surface area contributed by atoms with Crippen molar-refractivity contribution in [3.8, 4) is 11.4 Å². The predicted octanol–water partition coefficient (Wildman–Crippen LogP) is 2.00. The van der Waals surface area contributed by atoms with E-state index in [1.807, 2.05) is 6.92 Å². The molecular formula is C18H22FN5O2S. The highest BCUT2D eigenvalue weighted by atomic mass is 32.2. The second-order valence-electron chi connectivity index (χ2n) is 5.63. The topological polar surface area (TPSA) is 88.9 Å². The number of thioether (sulfide) groups is 1. The summed E-state index contributed by atoms with van der Waals surface area (Å²) >= 11 is 1.21. The highest BCUT2D eigenvalue weighted by Crippen LogP contribution is 2.24. The number of hydrogen-bond donors (Lipinski definition) is 2. The molecule has 0 unspecified atom stereocenters. The van der Waals surface area contributed by atoms with E-state index in [0.717, 1.165) is 12.0 Å². The van der Waals surface area contributed by atoms with Gasteiger partial charge in [-0.15, -0.1) is 16.8 Å². The largest absolute Gasteiger partial charge is 0.355 e. The first-order chi connectivity index (χ1) is 13.0. The lowest BCUT2D eigenvalue weighted by Crippen LogP contribution is -2.37. The fourth-order valence-corrected chi connectivity index (χ4v) is 2.97. The molecule has 0 saturated carbocycles. The van der Waals surface area contributed by atoms with E-state index in [0.29, 0.717) is 24.1 Å². The Hall–Kier alpha value is -2.68. The molecule has 0 bridgehead atoms. The molecule has 0 atom stereocenters. The number of halogens is 1. The molecule has 0 radical (unpaired) electrons. The van der Waals surface area contributed by atoms with E-state index in [1.165, 1.54) is 23.9 Å². The van der Waals surface area contributed by atoms with Crippen LogP contribution in [-0.2, 0) is 16.1 Å². The molecule has 2 aromatic rings. The number of aromatic nitrogens is 3. The quantitative estimate of drug-likeness (QED) is 0.478. The van der Waals surface area contributed by atoms with Crippen molar-refractivity contribution in [1.29, 1.82) is 0 Å². The van der Waals surface area contributed by atoms with Gasteiger partial charge in [0.05, 0.1) is 12.3 Å². The lowest BCUT2D eigenvalue weighted by Gasteiger charge is -2.08. The van der Waals surface area contributed by atoms with Crippen LogP contribution in [0.3, 0.4) is 0 Å². The summed E-state index contributed by atoms with van der Waals surface area (Å²) in [7, 11) is 0. The van der Waals surface area contributed by atoms with Gasteiger partial charge in [-0.2, -0.15) is 0 Å². The summed E-state index contributed by atoms with van der Waals surface area (Å²) in [5, 5.41) is 14.1. The second-order valence-corrected chi connectivity index (χ2v) is 6.57. The number of benzene rings is 1. The maximum atomic E-state index is 13.1. The van der Waals surface area contributed by atoms with E-state index in [-0.39, 0.29) is 29.9 Å². The van der Waals surface area contributed by atoms with Gasteiger partial charge in [0.15, 0.2) is 11.0 Å². The highest BCUT2D eigenvalue weighted by molar-refractivity contribution is 7.99. The zero-order chi connectivity index (χ0) is 19.6. The molecule has 7 nitrogen and oxygen atoms in total. The van der Waals surface area contributed by atoms with Gasteiger partial charge in [0, 0.05) is 18.7 Å². The van der Waals surface area contributed by atoms with Crippen molar-refractivity contribution in [3.05, 3.63) is 42.7 Å². The van der Waals surface area contributed by atoms with Crippen LogP contribution < -0.4 is 10.6 Å². The van der Waals surface area contributed by atoms with Gasteiger partial charge in [0.1, 0.15) is 5.82 Å². The Bertz CT molecular complexity index is 792. The first kappa shape index (κ1) is 20.6. The Morgan fingerprint density at radius 1 is 1.22 bits per heavy atom. The molecule has 2 amide bonds. The molecule has 0 saturated heterocycles. The first-order valence-corrected chi connectivity index (χ1v) is 9.50. The molecule has 2 N–H and O–H groups in total. The third kappa shape index (κ3) is 6.21. The van der Waals surface area contributed by atoms with Gasteiger partial charge >= 0.3 is 0 Å². The number of allylic oxidation sites excluding steroid dienone is 1. The number of amides is 2.